The Kier molecular flexibility index (Phi) is 10.7. The van der Waals surface area contributed by atoms with Crippen molar-refractivity contribution in [2.45, 2.75) is 13.2 Å². The van der Waals surface area contributed by atoms with Gasteiger partial charge in [0.05, 0.1) is 0 Å². The standard InChI is InChI=1S/C22H25ClN2O.2ClH/c1-25(2)14-13-24-15-20-19-9-5-3-7-17(19)11-12-22(20)26-16-18-8-4-6-10-21(18)23;;/h3-12,24H,13-16H2,1-2H3;2*1H. The Hall–Kier alpha value is -1.49. The van der Waals surface area contributed by atoms with Gasteiger partial charge >= 0.3 is 0 Å². The van der Waals surface area contributed by atoms with Crippen LogP contribution in [-0.4, -0.2) is 32.1 Å². The van der Waals surface area contributed by atoms with Crippen LogP contribution in [0.1, 0.15) is 11.1 Å². The molecule has 0 spiro atoms. The molecule has 3 nitrogen and oxygen atoms in total. The lowest BCUT2D eigenvalue weighted by Crippen LogP contribution is -2.26. The lowest BCUT2D eigenvalue weighted by atomic mass is 10.0. The molecule has 3 aromatic carbocycles. The highest BCUT2D eigenvalue weighted by Crippen LogP contribution is 2.29. The molecule has 3 rings (SSSR count). The van der Waals surface area contributed by atoms with Crippen LogP contribution in [0.3, 0.4) is 0 Å². The third-order valence-corrected chi connectivity index (χ3v) is 4.74. The van der Waals surface area contributed by atoms with E-state index in [-0.39, 0.29) is 24.8 Å². The Bertz CT molecular complexity index is 871. The zero-order valence-electron chi connectivity index (χ0n) is 16.2. The van der Waals surface area contributed by atoms with Crippen molar-refractivity contribution < 1.29 is 4.74 Å². The van der Waals surface area contributed by atoms with Crippen LogP contribution in [0.25, 0.3) is 10.8 Å². The normalized spacial score (nSPS) is 10.4. The molecular formula is C22H27Cl3N2O. The number of nitrogens with zero attached hydrogens (tertiary/aromatic N) is 1. The van der Waals surface area contributed by atoms with Gasteiger partial charge in [0.15, 0.2) is 0 Å². The lowest BCUT2D eigenvalue weighted by molar-refractivity contribution is 0.302. The highest BCUT2D eigenvalue weighted by atomic mass is 35.5. The number of halogens is 3. The average molecular weight is 442 g/mol. The average Bonchev–Trinajstić information content (AvgIpc) is 2.65. The quantitative estimate of drug-likeness (QED) is 0.463. The first-order valence-corrected chi connectivity index (χ1v) is 9.25. The second-order valence-electron chi connectivity index (χ2n) is 6.62. The van der Waals surface area contributed by atoms with Crippen molar-refractivity contribution in [2.24, 2.45) is 0 Å². The minimum atomic E-state index is 0. The summed E-state index contributed by atoms with van der Waals surface area (Å²) in [5.41, 5.74) is 2.18. The van der Waals surface area contributed by atoms with Crippen molar-refractivity contribution in [1.29, 1.82) is 0 Å². The second kappa shape index (κ2) is 12.2. The van der Waals surface area contributed by atoms with E-state index in [0.717, 1.165) is 36.0 Å². The van der Waals surface area contributed by atoms with Crippen LogP contribution in [0.5, 0.6) is 5.75 Å². The van der Waals surface area contributed by atoms with Crippen LogP contribution in [0.4, 0.5) is 0 Å². The summed E-state index contributed by atoms with van der Waals surface area (Å²) in [6.45, 7) is 3.16. The van der Waals surface area contributed by atoms with Gasteiger partial charge in [0, 0.05) is 35.8 Å². The molecule has 0 aromatic heterocycles. The maximum Gasteiger partial charge on any atom is 0.124 e. The van der Waals surface area contributed by atoms with Crippen LogP contribution < -0.4 is 10.1 Å². The monoisotopic (exact) mass is 440 g/mol. The van der Waals surface area contributed by atoms with Gasteiger partial charge in [0.25, 0.3) is 0 Å². The fraction of sp³-hybridized carbons (Fsp3) is 0.273. The zero-order chi connectivity index (χ0) is 18.4. The van der Waals surface area contributed by atoms with Crippen molar-refractivity contribution >= 4 is 47.2 Å². The van der Waals surface area contributed by atoms with Crippen LogP contribution in [0.15, 0.2) is 60.7 Å². The number of ether oxygens (including phenoxy) is 1. The zero-order valence-corrected chi connectivity index (χ0v) is 18.5. The first kappa shape index (κ1) is 24.5. The van der Waals surface area contributed by atoms with Crippen molar-refractivity contribution in [1.82, 2.24) is 10.2 Å². The van der Waals surface area contributed by atoms with E-state index < -0.39 is 0 Å². The van der Waals surface area contributed by atoms with E-state index >= 15 is 0 Å². The largest absolute Gasteiger partial charge is 0.488 e. The number of likely N-dealkylation sites (N-methyl/N-ethyl adjacent to an activating group) is 1. The molecule has 0 radical (unpaired) electrons. The Labute approximate surface area is 184 Å². The van der Waals surface area contributed by atoms with E-state index in [4.69, 9.17) is 16.3 Å². The SMILES string of the molecule is CN(C)CCNCc1c(OCc2ccccc2Cl)ccc2ccccc12.Cl.Cl. The number of fused-ring (bicyclic) bond motifs is 1. The summed E-state index contributed by atoms with van der Waals surface area (Å²) in [5.74, 6) is 0.904. The highest BCUT2D eigenvalue weighted by molar-refractivity contribution is 6.31. The molecule has 0 atom stereocenters. The number of benzene rings is 3. The summed E-state index contributed by atoms with van der Waals surface area (Å²) in [4.78, 5) is 2.17. The highest BCUT2D eigenvalue weighted by Gasteiger charge is 2.10. The van der Waals surface area contributed by atoms with Crippen molar-refractivity contribution in [3.8, 4) is 5.75 Å². The van der Waals surface area contributed by atoms with Crippen molar-refractivity contribution in [2.75, 3.05) is 27.2 Å². The molecule has 0 aliphatic carbocycles. The van der Waals surface area contributed by atoms with E-state index in [1.54, 1.807) is 0 Å². The second-order valence-corrected chi connectivity index (χ2v) is 7.03. The number of nitrogens with one attached hydrogen (secondary N) is 1. The molecule has 0 saturated heterocycles. The Morgan fingerprint density at radius 3 is 2.39 bits per heavy atom. The molecule has 0 amide bonds. The first-order valence-electron chi connectivity index (χ1n) is 8.87. The summed E-state index contributed by atoms with van der Waals surface area (Å²) in [6.07, 6.45) is 0. The van der Waals surface area contributed by atoms with Crippen molar-refractivity contribution in [3.63, 3.8) is 0 Å². The van der Waals surface area contributed by atoms with Crippen LogP contribution >= 0.6 is 36.4 Å². The number of hydrogen-bond donors (Lipinski definition) is 1. The molecule has 3 aromatic rings. The summed E-state index contributed by atoms with van der Waals surface area (Å²) in [5, 5.41) is 6.71. The molecule has 0 heterocycles. The van der Waals surface area contributed by atoms with Gasteiger partial charge in [0.2, 0.25) is 0 Å². The Morgan fingerprint density at radius 2 is 1.64 bits per heavy atom. The van der Waals surface area contributed by atoms with Gasteiger partial charge in [0.1, 0.15) is 12.4 Å². The molecule has 1 N–H and O–H groups in total. The predicted molar refractivity (Wildman–Crippen MR) is 124 cm³/mol. The summed E-state index contributed by atoms with van der Waals surface area (Å²) >= 11 is 6.26. The van der Waals surface area contributed by atoms with E-state index in [1.165, 1.54) is 16.3 Å². The Balaban J connectivity index is 0.00000196. The topological polar surface area (TPSA) is 24.5 Å². The van der Waals surface area contributed by atoms with Crippen LogP contribution in [0.2, 0.25) is 5.02 Å². The maximum atomic E-state index is 6.26. The first-order chi connectivity index (χ1) is 12.6. The van der Waals surface area contributed by atoms with Gasteiger partial charge in [-0.25, -0.2) is 0 Å². The third kappa shape index (κ3) is 6.54. The summed E-state index contributed by atoms with van der Waals surface area (Å²) in [7, 11) is 4.16. The lowest BCUT2D eigenvalue weighted by Gasteiger charge is -2.16. The smallest absolute Gasteiger partial charge is 0.124 e. The minimum absolute atomic E-state index is 0. The Morgan fingerprint density at radius 1 is 0.929 bits per heavy atom. The van der Waals surface area contributed by atoms with E-state index in [0.29, 0.717) is 6.61 Å². The fourth-order valence-corrected chi connectivity index (χ4v) is 3.11. The third-order valence-electron chi connectivity index (χ3n) is 4.38. The van der Waals surface area contributed by atoms with E-state index in [2.05, 4.69) is 60.7 Å². The summed E-state index contributed by atoms with van der Waals surface area (Å²) in [6, 6.07) is 20.4. The molecule has 0 aliphatic rings. The predicted octanol–water partition coefficient (Wildman–Crippen LogP) is 5.57. The molecule has 0 saturated carbocycles. The van der Waals surface area contributed by atoms with Crippen LogP contribution in [0, 0.1) is 0 Å². The van der Waals surface area contributed by atoms with E-state index in [1.807, 2.05) is 24.3 Å². The molecule has 152 valence electrons. The van der Waals surface area contributed by atoms with Gasteiger partial charge in [-0.3, -0.25) is 0 Å². The molecule has 6 heteroatoms. The number of rotatable bonds is 8. The molecule has 0 aliphatic heterocycles. The van der Waals surface area contributed by atoms with Gasteiger partial charge in [-0.1, -0.05) is 60.1 Å². The molecular weight excluding hydrogens is 415 g/mol. The fourth-order valence-electron chi connectivity index (χ4n) is 2.92. The maximum absolute atomic E-state index is 6.26. The molecule has 0 fully saturated rings. The minimum Gasteiger partial charge on any atom is -0.488 e. The molecule has 0 bridgehead atoms. The van der Waals surface area contributed by atoms with Crippen molar-refractivity contribution in [3.05, 3.63) is 76.8 Å². The molecule has 28 heavy (non-hydrogen) atoms. The summed E-state index contributed by atoms with van der Waals surface area (Å²) < 4.78 is 6.16. The molecule has 0 unspecified atom stereocenters. The van der Waals surface area contributed by atoms with Gasteiger partial charge in [-0.2, -0.15) is 0 Å². The van der Waals surface area contributed by atoms with Crippen LogP contribution in [-0.2, 0) is 13.2 Å². The van der Waals surface area contributed by atoms with E-state index in [9.17, 15) is 0 Å². The van der Waals surface area contributed by atoms with Gasteiger partial charge in [-0.05, 0) is 37.0 Å². The van der Waals surface area contributed by atoms with Gasteiger partial charge in [-0.15, -0.1) is 24.8 Å². The number of hydrogen-bond acceptors (Lipinski definition) is 3. The van der Waals surface area contributed by atoms with Gasteiger partial charge < -0.3 is 15.0 Å².